The number of carbonyl (C=O) groups is 1. The van der Waals surface area contributed by atoms with E-state index in [4.69, 9.17) is 13.9 Å². The van der Waals surface area contributed by atoms with E-state index >= 15 is 0 Å². The highest BCUT2D eigenvalue weighted by Gasteiger charge is 2.24. The predicted molar refractivity (Wildman–Crippen MR) is 109 cm³/mol. The molecule has 0 radical (unpaired) electrons. The highest BCUT2D eigenvalue weighted by Crippen LogP contribution is 2.38. The summed E-state index contributed by atoms with van der Waals surface area (Å²) in [6.07, 6.45) is 1.30. The van der Waals surface area contributed by atoms with E-state index in [9.17, 15) is 13.2 Å². The van der Waals surface area contributed by atoms with Gasteiger partial charge < -0.3 is 19.2 Å². The third-order valence-electron chi connectivity index (χ3n) is 4.28. The third kappa shape index (κ3) is 4.15. The van der Waals surface area contributed by atoms with Crippen molar-refractivity contribution in [2.24, 2.45) is 0 Å². The molecule has 9 heteroatoms. The van der Waals surface area contributed by atoms with Crippen molar-refractivity contribution in [3.05, 3.63) is 70.6 Å². The normalized spacial score (nSPS) is 13.1. The number of sulfone groups is 1. The number of benzene rings is 2. The van der Waals surface area contributed by atoms with Gasteiger partial charge in [-0.1, -0.05) is 18.2 Å². The Hall–Kier alpha value is -2.78. The van der Waals surface area contributed by atoms with Crippen LogP contribution in [0.15, 0.2) is 68.6 Å². The molecule has 1 aliphatic rings. The maximum absolute atomic E-state index is 12.7. The average Bonchev–Trinajstić information content (AvgIpc) is 3.17. The first-order valence-corrected chi connectivity index (χ1v) is 11.1. The zero-order valence-corrected chi connectivity index (χ0v) is 17.5. The maximum atomic E-state index is 12.7. The van der Waals surface area contributed by atoms with Crippen LogP contribution < -0.4 is 14.8 Å². The number of carbonyl (C=O) groups excluding carboxylic acids is 1. The van der Waals surface area contributed by atoms with Crippen molar-refractivity contribution < 1.29 is 27.1 Å². The molecule has 1 aromatic heterocycles. The van der Waals surface area contributed by atoms with Crippen molar-refractivity contribution in [3.8, 4) is 11.5 Å². The molecule has 0 bridgehead atoms. The van der Waals surface area contributed by atoms with E-state index in [0.717, 1.165) is 0 Å². The highest BCUT2D eigenvalue weighted by atomic mass is 79.9. The van der Waals surface area contributed by atoms with Gasteiger partial charge in [0.05, 0.1) is 22.6 Å². The van der Waals surface area contributed by atoms with Crippen molar-refractivity contribution in [1.29, 1.82) is 0 Å². The summed E-state index contributed by atoms with van der Waals surface area (Å²) in [5.41, 5.74) is 0.729. The maximum Gasteiger partial charge on any atom is 0.291 e. The molecular formula is C20H16BrNO6S. The molecule has 150 valence electrons. The topological polar surface area (TPSA) is 94.8 Å². The number of fused-ring (bicyclic) bond motifs is 1. The summed E-state index contributed by atoms with van der Waals surface area (Å²) in [5.74, 6) is 0.116. The summed E-state index contributed by atoms with van der Waals surface area (Å²) in [7, 11) is -3.62. The van der Waals surface area contributed by atoms with E-state index in [1.807, 2.05) is 0 Å². The van der Waals surface area contributed by atoms with E-state index < -0.39 is 15.7 Å². The SMILES string of the molecule is O=C(Nc1cc2c(cc1Br)OCCO2)c1occc1CS(=O)(=O)c1ccccc1. The lowest BCUT2D eigenvalue weighted by Crippen LogP contribution is -2.17. The summed E-state index contributed by atoms with van der Waals surface area (Å²) >= 11 is 3.39. The molecule has 0 saturated heterocycles. The van der Waals surface area contributed by atoms with Gasteiger partial charge in [-0.15, -0.1) is 0 Å². The molecule has 29 heavy (non-hydrogen) atoms. The standard InChI is InChI=1S/C20H16BrNO6S/c21-15-10-17-18(27-9-8-26-17)11-16(15)22-20(23)19-13(6-7-28-19)12-29(24,25)14-4-2-1-3-5-14/h1-7,10-11H,8-9,12H2,(H,22,23). The lowest BCUT2D eigenvalue weighted by atomic mass is 10.2. The number of amides is 1. The van der Waals surface area contributed by atoms with Crippen LogP contribution in [0, 0.1) is 0 Å². The Bertz CT molecular complexity index is 1160. The first-order valence-electron chi connectivity index (χ1n) is 8.69. The predicted octanol–water partition coefficient (Wildman–Crippen LogP) is 4.04. The fourth-order valence-corrected chi connectivity index (χ4v) is 4.70. The minimum absolute atomic E-state index is 0.0636. The molecule has 0 saturated carbocycles. The second-order valence-electron chi connectivity index (χ2n) is 6.28. The van der Waals surface area contributed by atoms with Crippen LogP contribution in [0.25, 0.3) is 0 Å². The molecule has 1 N–H and O–H groups in total. The van der Waals surface area contributed by atoms with Crippen LogP contribution in [0.2, 0.25) is 0 Å². The van der Waals surface area contributed by atoms with E-state index in [2.05, 4.69) is 21.2 Å². The highest BCUT2D eigenvalue weighted by molar-refractivity contribution is 9.10. The van der Waals surface area contributed by atoms with Crippen LogP contribution in [0.3, 0.4) is 0 Å². The Kier molecular flexibility index (Phi) is 5.33. The largest absolute Gasteiger partial charge is 0.486 e. The van der Waals surface area contributed by atoms with Crippen LogP contribution in [0.1, 0.15) is 16.1 Å². The van der Waals surface area contributed by atoms with Crippen molar-refractivity contribution in [2.75, 3.05) is 18.5 Å². The number of rotatable bonds is 5. The fraction of sp³-hybridized carbons (Fsp3) is 0.150. The molecule has 1 amide bonds. The quantitative estimate of drug-likeness (QED) is 0.595. The Morgan fingerprint density at radius 2 is 1.72 bits per heavy atom. The number of ether oxygens (including phenoxy) is 2. The van der Waals surface area contributed by atoms with E-state index in [1.54, 1.807) is 30.3 Å². The number of halogens is 1. The molecule has 3 aromatic rings. The van der Waals surface area contributed by atoms with E-state index in [1.165, 1.54) is 24.5 Å². The summed E-state index contributed by atoms with van der Waals surface area (Å²) in [5, 5.41) is 2.72. The minimum Gasteiger partial charge on any atom is -0.486 e. The average molecular weight is 478 g/mol. The molecular weight excluding hydrogens is 462 g/mol. The summed E-state index contributed by atoms with van der Waals surface area (Å²) in [6, 6.07) is 12.9. The van der Waals surface area contributed by atoms with Crippen molar-refractivity contribution in [3.63, 3.8) is 0 Å². The molecule has 2 aromatic carbocycles. The van der Waals surface area contributed by atoms with Gasteiger partial charge >= 0.3 is 0 Å². The van der Waals surface area contributed by atoms with Crippen LogP contribution >= 0.6 is 15.9 Å². The number of hydrogen-bond donors (Lipinski definition) is 1. The number of anilines is 1. The Morgan fingerprint density at radius 1 is 1.03 bits per heavy atom. The molecule has 7 nitrogen and oxygen atoms in total. The third-order valence-corrected chi connectivity index (χ3v) is 6.62. The first kappa shape index (κ1) is 19.5. The Morgan fingerprint density at radius 3 is 2.45 bits per heavy atom. The van der Waals surface area contributed by atoms with Crippen molar-refractivity contribution in [2.45, 2.75) is 10.6 Å². The Balaban J connectivity index is 1.56. The summed E-state index contributed by atoms with van der Waals surface area (Å²) in [4.78, 5) is 12.9. The van der Waals surface area contributed by atoms with Crippen molar-refractivity contribution in [1.82, 2.24) is 0 Å². The molecule has 0 atom stereocenters. The zero-order valence-electron chi connectivity index (χ0n) is 15.1. The van der Waals surface area contributed by atoms with Gasteiger partial charge in [-0.05, 0) is 34.1 Å². The van der Waals surface area contributed by atoms with Gasteiger partial charge in [-0.3, -0.25) is 4.79 Å². The molecule has 2 heterocycles. The van der Waals surface area contributed by atoms with Crippen LogP contribution in [-0.4, -0.2) is 27.5 Å². The van der Waals surface area contributed by atoms with Crippen molar-refractivity contribution >= 4 is 37.4 Å². The number of hydrogen-bond acceptors (Lipinski definition) is 6. The number of nitrogens with one attached hydrogen (secondary N) is 1. The van der Waals surface area contributed by atoms with Gasteiger partial charge in [-0.2, -0.15) is 0 Å². The van der Waals surface area contributed by atoms with Gasteiger partial charge in [0, 0.05) is 22.2 Å². The lowest BCUT2D eigenvalue weighted by molar-refractivity contribution is 0.0995. The van der Waals surface area contributed by atoms with Crippen LogP contribution in [-0.2, 0) is 15.6 Å². The molecule has 0 aliphatic carbocycles. The smallest absolute Gasteiger partial charge is 0.291 e. The van der Waals surface area contributed by atoms with Gasteiger partial charge in [0.25, 0.3) is 5.91 Å². The van der Waals surface area contributed by atoms with Gasteiger partial charge in [0.2, 0.25) is 0 Å². The van der Waals surface area contributed by atoms with E-state index in [-0.39, 0.29) is 22.0 Å². The second kappa shape index (κ2) is 7.92. The zero-order chi connectivity index (χ0) is 20.4. The van der Waals surface area contributed by atoms with Crippen LogP contribution in [0.4, 0.5) is 5.69 Å². The molecule has 0 spiro atoms. The summed E-state index contributed by atoms with van der Waals surface area (Å²) in [6.45, 7) is 0.873. The molecule has 4 rings (SSSR count). The lowest BCUT2D eigenvalue weighted by Gasteiger charge is -2.20. The second-order valence-corrected chi connectivity index (χ2v) is 9.12. The first-order chi connectivity index (χ1) is 13.9. The van der Waals surface area contributed by atoms with Gasteiger partial charge in [-0.25, -0.2) is 8.42 Å². The monoisotopic (exact) mass is 477 g/mol. The van der Waals surface area contributed by atoms with E-state index in [0.29, 0.717) is 34.9 Å². The van der Waals surface area contributed by atoms with Crippen LogP contribution in [0.5, 0.6) is 11.5 Å². The minimum atomic E-state index is -3.62. The Labute approximate surface area is 175 Å². The molecule has 1 aliphatic heterocycles. The number of furan rings is 1. The summed E-state index contributed by atoms with van der Waals surface area (Å²) < 4.78 is 42.2. The molecule has 0 fully saturated rings. The van der Waals surface area contributed by atoms with Gasteiger partial charge in [0.15, 0.2) is 27.1 Å². The fourth-order valence-electron chi connectivity index (χ4n) is 2.90. The molecule has 0 unspecified atom stereocenters. The van der Waals surface area contributed by atoms with Gasteiger partial charge in [0.1, 0.15) is 13.2 Å².